The van der Waals surface area contributed by atoms with Crippen molar-refractivity contribution < 1.29 is 22.7 Å². The molecule has 1 rings (SSSR count). The molecule has 0 radical (unpaired) electrons. The van der Waals surface area contributed by atoms with E-state index in [-0.39, 0.29) is 5.56 Å². The molecule has 0 heterocycles. The van der Waals surface area contributed by atoms with Gasteiger partial charge in [-0.1, -0.05) is 11.6 Å². The van der Waals surface area contributed by atoms with Gasteiger partial charge in [0.2, 0.25) is 0 Å². The minimum Gasteiger partial charge on any atom is -0.465 e. The molecule has 0 fully saturated rings. The van der Waals surface area contributed by atoms with Crippen molar-refractivity contribution in [2.24, 2.45) is 0 Å². The van der Waals surface area contributed by atoms with Gasteiger partial charge in [0.15, 0.2) is 0 Å². The SMILES string of the molecule is COC(=O)c1cc(N)c(C(F)(F)F)c(Cl)c1. The highest BCUT2D eigenvalue weighted by atomic mass is 35.5. The zero-order valence-corrected chi connectivity index (χ0v) is 8.82. The molecule has 0 atom stereocenters. The van der Waals surface area contributed by atoms with Gasteiger partial charge in [-0.25, -0.2) is 4.79 Å². The van der Waals surface area contributed by atoms with Gasteiger partial charge in [0, 0.05) is 5.69 Å². The first-order valence-corrected chi connectivity index (χ1v) is 4.39. The number of ether oxygens (including phenoxy) is 1. The van der Waals surface area contributed by atoms with E-state index in [0.29, 0.717) is 0 Å². The van der Waals surface area contributed by atoms with E-state index in [0.717, 1.165) is 19.2 Å². The number of anilines is 1. The normalized spacial score (nSPS) is 11.3. The van der Waals surface area contributed by atoms with Gasteiger partial charge in [-0.2, -0.15) is 13.2 Å². The lowest BCUT2D eigenvalue weighted by Gasteiger charge is -2.12. The van der Waals surface area contributed by atoms with Gasteiger partial charge in [-0.3, -0.25) is 0 Å². The minimum absolute atomic E-state index is 0.127. The summed E-state index contributed by atoms with van der Waals surface area (Å²) in [6.07, 6.45) is -4.66. The van der Waals surface area contributed by atoms with Crippen LogP contribution in [0.4, 0.5) is 18.9 Å². The Morgan fingerprint density at radius 2 is 2.00 bits per heavy atom. The molecule has 0 aliphatic carbocycles. The summed E-state index contributed by atoms with van der Waals surface area (Å²) in [7, 11) is 1.10. The van der Waals surface area contributed by atoms with E-state index in [2.05, 4.69) is 4.74 Å². The standard InChI is InChI=1S/C9H7ClF3NO2/c1-16-8(15)4-2-5(10)7(6(14)3-4)9(11,12)13/h2-3H,14H2,1H3. The molecule has 3 nitrogen and oxygen atoms in total. The van der Waals surface area contributed by atoms with E-state index >= 15 is 0 Å². The Balaban J connectivity index is 3.34. The number of alkyl halides is 3. The molecule has 0 saturated carbocycles. The summed E-state index contributed by atoms with van der Waals surface area (Å²) in [5, 5.41) is -0.632. The van der Waals surface area contributed by atoms with Crippen molar-refractivity contribution >= 4 is 23.3 Å². The van der Waals surface area contributed by atoms with Gasteiger partial charge < -0.3 is 10.5 Å². The molecule has 0 aliphatic rings. The number of hydrogen-bond acceptors (Lipinski definition) is 3. The van der Waals surface area contributed by atoms with E-state index in [1.54, 1.807) is 0 Å². The van der Waals surface area contributed by atoms with Crippen molar-refractivity contribution in [3.63, 3.8) is 0 Å². The molecule has 0 bridgehead atoms. The number of methoxy groups -OCH3 is 1. The zero-order valence-electron chi connectivity index (χ0n) is 8.06. The number of nitrogen functional groups attached to an aromatic ring is 1. The summed E-state index contributed by atoms with van der Waals surface area (Å²) < 4.78 is 41.7. The maximum absolute atomic E-state index is 12.4. The van der Waals surface area contributed by atoms with Crippen LogP contribution in [0.15, 0.2) is 12.1 Å². The molecule has 2 N–H and O–H groups in total. The van der Waals surface area contributed by atoms with Crippen molar-refractivity contribution in [2.45, 2.75) is 6.18 Å². The highest BCUT2D eigenvalue weighted by molar-refractivity contribution is 6.32. The summed E-state index contributed by atoms with van der Waals surface area (Å²) >= 11 is 5.41. The summed E-state index contributed by atoms with van der Waals surface area (Å²) in [5.74, 6) is -0.803. The first kappa shape index (κ1) is 12.6. The fraction of sp³-hybridized carbons (Fsp3) is 0.222. The lowest BCUT2D eigenvalue weighted by Crippen LogP contribution is -2.12. The fourth-order valence-electron chi connectivity index (χ4n) is 1.16. The Kier molecular flexibility index (Phi) is 3.32. The summed E-state index contributed by atoms with van der Waals surface area (Å²) in [6.45, 7) is 0. The monoisotopic (exact) mass is 253 g/mol. The topological polar surface area (TPSA) is 52.3 Å². The van der Waals surface area contributed by atoms with Crippen LogP contribution in [0.5, 0.6) is 0 Å². The maximum Gasteiger partial charge on any atom is 0.419 e. The zero-order chi connectivity index (χ0) is 12.5. The number of nitrogens with two attached hydrogens (primary N) is 1. The molecular formula is C9H7ClF3NO2. The van der Waals surface area contributed by atoms with Crippen LogP contribution in [-0.2, 0) is 10.9 Å². The van der Waals surface area contributed by atoms with E-state index in [9.17, 15) is 18.0 Å². The predicted octanol–water partition coefficient (Wildman–Crippen LogP) is 2.73. The number of carbonyl (C=O) groups is 1. The van der Waals surface area contributed by atoms with Crippen molar-refractivity contribution in [2.75, 3.05) is 12.8 Å². The van der Waals surface area contributed by atoms with Crippen LogP contribution in [0.25, 0.3) is 0 Å². The molecule has 88 valence electrons. The summed E-state index contributed by atoms with van der Waals surface area (Å²) in [6, 6.07) is 1.74. The Bertz CT molecular complexity index is 408. The molecular weight excluding hydrogens is 247 g/mol. The van der Waals surface area contributed by atoms with Gasteiger partial charge in [0.25, 0.3) is 0 Å². The van der Waals surface area contributed by atoms with Gasteiger partial charge in [-0.05, 0) is 12.1 Å². The van der Waals surface area contributed by atoms with Gasteiger partial charge >= 0.3 is 12.1 Å². The van der Waals surface area contributed by atoms with Crippen molar-refractivity contribution in [3.05, 3.63) is 28.3 Å². The van der Waals surface area contributed by atoms with Crippen LogP contribution in [-0.4, -0.2) is 13.1 Å². The van der Waals surface area contributed by atoms with E-state index < -0.39 is 28.4 Å². The third-order valence-electron chi connectivity index (χ3n) is 1.83. The van der Waals surface area contributed by atoms with Crippen LogP contribution in [0.1, 0.15) is 15.9 Å². The smallest absolute Gasteiger partial charge is 0.419 e. The Hall–Kier alpha value is -1.43. The second-order valence-electron chi connectivity index (χ2n) is 2.91. The maximum atomic E-state index is 12.4. The van der Waals surface area contributed by atoms with Gasteiger partial charge in [0.1, 0.15) is 0 Å². The number of esters is 1. The fourth-order valence-corrected chi connectivity index (χ4v) is 1.50. The number of rotatable bonds is 1. The summed E-state index contributed by atoms with van der Waals surface area (Å²) in [5.41, 5.74) is 3.30. The Morgan fingerprint density at radius 3 is 2.38 bits per heavy atom. The number of halogens is 4. The van der Waals surface area contributed by atoms with Crippen LogP contribution in [0.2, 0.25) is 5.02 Å². The highest BCUT2D eigenvalue weighted by Crippen LogP contribution is 2.39. The van der Waals surface area contributed by atoms with Crippen LogP contribution in [0.3, 0.4) is 0 Å². The highest BCUT2D eigenvalue weighted by Gasteiger charge is 2.36. The number of hydrogen-bond donors (Lipinski definition) is 1. The minimum atomic E-state index is -4.66. The molecule has 1 aromatic rings. The van der Waals surface area contributed by atoms with Crippen LogP contribution < -0.4 is 5.73 Å². The van der Waals surface area contributed by atoms with Gasteiger partial charge in [0.05, 0.1) is 23.3 Å². The molecule has 0 aromatic heterocycles. The first-order valence-electron chi connectivity index (χ1n) is 4.02. The van der Waals surface area contributed by atoms with Crippen molar-refractivity contribution in [1.29, 1.82) is 0 Å². The van der Waals surface area contributed by atoms with Crippen LogP contribution in [0, 0.1) is 0 Å². The molecule has 0 aliphatic heterocycles. The molecule has 0 amide bonds. The Morgan fingerprint density at radius 1 is 1.44 bits per heavy atom. The molecule has 0 saturated heterocycles. The molecule has 1 aromatic carbocycles. The van der Waals surface area contributed by atoms with Crippen molar-refractivity contribution in [3.8, 4) is 0 Å². The third kappa shape index (κ3) is 2.38. The quantitative estimate of drug-likeness (QED) is 0.618. The second-order valence-corrected chi connectivity index (χ2v) is 3.32. The molecule has 7 heteroatoms. The average molecular weight is 254 g/mol. The van der Waals surface area contributed by atoms with E-state index in [1.807, 2.05) is 0 Å². The molecule has 16 heavy (non-hydrogen) atoms. The summed E-state index contributed by atoms with van der Waals surface area (Å²) in [4.78, 5) is 11.1. The lowest BCUT2D eigenvalue weighted by molar-refractivity contribution is -0.136. The van der Waals surface area contributed by atoms with E-state index in [1.165, 1.54) is 0 Å². The number of carbonyl (C=O) groups excluding carboxylic acids is 1. The van der Waals surface area contributed by atoms with Gasteiger partial charge in [-0.15, -0.1) is 0 Å². The second kappa shape index (κ2) is 4.21. The molecule has 0 spiro atoms. The van der Waals surface area contributed by atoms with Crippen LogP contribution >= 0.6 is 11.6 Å². The van der Waals surface area contributed by atoms with E-state index in [4.69, 9.17) is 17.3 Å². The lowest BCUT2D eigenvalue weighted by atomic mass is 10.1. The largest absolute Gasteiger partial charge is 0.465 e. The number of benzene rings is 1. The first-order chi connectivity index (χ1) is 7.27. The molecule has 0 unspecified atom stereocenters. The third-order valence-corrected chi connectivity index (χ3v) is 2.12. The Labute approximate surface area is 93.9 Å². The van der Waals surface area contributed by atoms with Crippen molar-refractivity contribution in [1.82, 2.24) is 0 Å². The average Bonchev–Trinajstić information content (AvgIpc) is 2.13. The predicted molar refractivity (Wildman–Crippen MR) is 52.2 cm³/mol.